The first-order chi connectivity index (χ1) is 14.8. The van der Waals surface area contributed by atoms with Crippen molar-refractivity contribution in [3.05, 3.63) is 48.3 Å². The average Bonchev–Trinajstić information content (AvgIpc) is 2.71. The van der Waals surface area contributed by atoms with Crippen LogP contribution < -0.4 is 14.4 Å². The summed E-state index contributed by atoms with van der Waals surface area (Å²) in [5.41, 5.74) is -0.201. The van der Waals surface area contributed by atoms with Crippen molar-refractivity contribution >= 4 is 27.5 Å². The standard InChI is InChI=1S/C18H14F6N2O5S/c19-11-1-4-13(5-2-11)32(28,29)26-7-8-30-15-6-3-12(9-14(15)26)25-16(27)31-10-17(20,21)18(22,23)24/h1-6,9H,7-8,10H2,(H,25,27). The molecular formula is C18H14F6N2O5S. The maximum absolute atomic E-state index is 13.1. The monoisotopic (exact) mass is 484 g/mol. The number of anilines is 2. The normalized spacial score (nSPS) is 14.4. The van der Waals surface area contributed by atoms with Crippen LogP contribution in [-0.2, 0) is 14.8 Å². The minimum atomic E-state index is -5.90. The molecule has 174 valence electrons. The van der Waals surface area contributed by atoms with Crippen molar-refractivity contribution < 1.29 is 49.0 Å². The van der Waals surface area contributed by atoms with Crippen LogP contribution in [0.15, 0.2) is 47.4 Å². The van der Waals surface area contributed by atoms with E-state index in [-0.39, 0.29) is 35.2 Å². The molecule has 0 spiro atoms. The van der Waals surface area contributed by atoms with Crippen molar-refractivity contribution in [1.29, 1.82) is 0 Å². The van der Waals surface area contributed by atoms with E-state index in [9.17, 15) is 39.6 Å². The van der Waals surface area contributed by atoms with Crippen molar-refractivity contribution in [1.82, 2.24) is 0 Å². The van der Waals surface area contributed by atoms with Crippen LogP contribution in [0, 0.1) is 5.82 Å². The van der Waals surface area contributed by atoms with Gasteiger partial charge in [-0.3, -0.25) is 9.62 Å². The molecule has 1 aliphatic rings. The Hall–Kier alpha value is -3.16. The summed E-state index contributed by atoms with van der Waals surface area (Å²) in [4.78, 5) is 11.4. The Balaban J connectivity index is 1.80. The first-order valence-electron chi connectivity index (χ1n) is 8.75. The lowest BCUT2D eigenvalue weighted by Gasteiger charge is -2.30. The van der Waals surface area contributed by atoms with Gasteiger partial charge in [0.1, 0.15) is 18.2 Å². The zero-order valence-corrected chi connectivity index (χ0v) is 16.6. The quantitative estimate of drug-likeness (QED) is 0.645. The summed E-state index contributed by atoms with van der Waals surface area (Å²) >= 11 is 0. The number of sulfonamides is 1. The molecular weight excluding hydrogens is 470 g/mol. The van der Waals surface area contributed by atoms with E-state index in [4.69, 9.17) is 4.74 Å². The number of fused-ring (bicyclic) bond motifs is 1. The lowest BCUT2D eigenvalue weighted by molar-refractivity contribution is -0.291. The Bertz CT molecular complexity index is 1110. The molecule has 14 heteroatoms. The predicted molar refractivity (Wildman–Crippen MR) is 98.8 cm³/mol. The molecule has 0 unspecified atom stereocenters. The predicted octanol–water partition coefficient (Wildman–Crippen LogP) is 4.16. The van der Waals surface area contributed by atoms with Crippen molar-refractivity contribution in [2.45, 2.75) is 17.0 Å². The van der Waals surface area contributed by atoms with Crippen LogP contribution in [0.25, 0.3) is 0 Å². The Morgan fingerprint density at radius 3 is 2.38 bits per heavy atom. The number of carbonyl (C=O) groups is 1. The molecule has 0 radical (unpaired) electrons. The average molecular weight is 484 g/mol. The Kier molecular flexibility index (Phi) is 6.18. The van der Waals surface area contributed by atoms with E-state index in [1.807, 2.05) is 5.32 Å². The number of nitrogens with zero attached hydrogens (tertiary/aromatic N) is 1. The van der Waals surface area contributed by atoms with Crippen molar-refractivity contribution in [3.63, 3.8) is 0 Å². The highest BCUT2D eigenvalue weighted by molar-refractivity contribution is 7.92. The van der Waals surface area contributed by atoms with Crippen molar-refractivity contribution in [3.8, 4) is 5.75 Å². The van der Waals surface area contributed by atoms with Crippen LogP contribution >= 0.6 is 0 Å². The molecule has 3 rings (SSSR count). The molecule has 1 amide bonds. The summed E-state index contributed by atoms with van der Waals surface area (Å²) in [5, 5.41) is 1.95. The molecule has 1 aliphatic heterocycles. The molecule has 0 aliphatic carbocycles. The zero-order valence-electron chi connectivity index (χ0n) is 15.8. The molecule has 1 N–H and O–H groups in total. The second-order valence-electron chi connectivity index (χ2n) is 6.47. The van der Waals surface area contributed by atoms with Gasteiger partial charge < -0.3 is 9.47 Å². The van der Waals surface area contributed by atoms with Gasteiger partial charge in [-0.2, -0.15) is 22.0 Å². The van der Waals surface area contributed by atoms with E-state index < -0.39 is 40.6 Å². The number of nitrogens with one attached hydrogen (secondary N) is 1. The summed E-state index contributed by atoms with van der Waals surface area (Å²) in [6.45, 7) is -2.39. The van der Waals surface area contributed by atoms with Gasteiger partial charge in [0, 0.05) is 5.69 Å². The molecule has 2 aromatic rings. The van der Waals surface area contributed by atoms with Crippen molar-refractivity contribution in [2.24, 2.45) is 0 Å². The molecule has 2 aromatic carbocycles. The summed E-state index contributed by atoms with van der Waals surface area (Å²) in [6, 6.07) is 7.61. The third-order valence-electron chi connectivity index (χ3n) is 4.23. The number of benzene rings is 2. The second-order valence-corrected chi connectivity index (χ2v) is 8.33. The zero-order chi connectivity index (χ0) is 23.7. The molecule has 0 saturated heterocycles. The molecule has 7 nitrogen and oxygen atoms in total. The van der Waals surface area contributed by atoms with Gasteiger partial charge in [-0.1, -0.05) is 0 Å². The maximum atomic E-state index is 13.1. The number of halogens is 6. The van der Waals surface area contributed by atoms with Gasteiger partial charge in [0.25, 0.3) is 10.0 Å². The number of rotatable bonds is 5. The van der Waals surface area contributed by atoms with Crippen LogP contribution in [-0.4, -0.2) is 46.4 Å². The minimum Gasteiger partial charge on any atom is -0.489 e. The van der Waals surface area contributed by atoms with E-state index >= 15 is 0 Å². The fraction of sp³-hybridized carbons (Fsp3) is 0.278. The van der Waals surface area contributed by atoms with Gasteiger partial charge in [-0.15, -0.1) is 0 Å². The van der Waals surface area contributed by atoms with Gasteiger partial charge in [-0.25, -0.2) is 17.6 Å². The van der Waals surface area contributed by atoms with Crippen molar-refractivity contribution in [2.75, 3.05) is 29.4 Å². The smallest absolute Gasteiger partial charge is 0.456 e. The maximum Gasteiger partial charge on any atom is 0.456 e. The highest BCUT2D eigenvalue weighted by Crippen LogP contribution is 2.38. The van der Waals surface area contributed by atoms with Gasteiger partial charge in [0.05, 0.1) is 17.1 Å². The van der Waals surface area contributed by atoms with Gasteiger partial charge in [-0.05, 0) is 42.5 Å². The second kappa shape index (κ2) is 8.41. The number of alkyl halides is 5. The van der Waals surface area contributed by atoms with Crippen LogP contribution in [0.5, 0.6) is 5.75 Å². The van der Waals surface area contributed by atoms with Gasteiger partial charge in [0.15, 0.2) is 6.61 Å². The van der Waals surface area contributed by atoms with E-state index in [2.05, 4.69) is 4.74 Å². The molecule has 32 heavy (non-hydrogen) atoms. The molecule has 0 fully saturated rings. The Morgan fingerprint density at radius 1 is 1.09 bits per heavy atom. The summed E-state index contributed by atoms with van der Waals surface area (Å²) < 4.78 is 111. The fourth-order valence-electron chi connectivity index (χ4n) is 2.65. The Labute approximate surface area is 177 Å². The summed E-state index contributed by atoms with van der Waals surface area (Å²) in [6.07, 6.45) is -7.51. The topological polar surface area (TPSA) is 84.9 Å². The number of carbonyl (C=O) groups excluding carboxylic acids is 1. The third kappa shape index (κ3) is 4.84. The van der Waals surface area contributed by atoms with E-state index in [1.165, 1.54) is 12.1 Å². The summed E-state index contributed by atoms with van der Waals surface area (Å²) in [7, 11) is -4.16. The molecule has 1 heterocycles. The molecule has 0 atom stereocenters. The number of amides is 1. The van der Waals surface area contributed by atoms with E-state index in [0.29, 0.717) is 0 Å². The summed E-state index contributed by atoms with van der Waals surface area (Å²) in [5.74, 6) is -5.79. The molecule has 0 saturated carbocycles. The molecule has 0 aromatic heterocycles. The van der Waals surface area contributed by atoms with E-state index in [0.717, 1.165) is 34.6 Å². The van der Waals surface area contributed by atoms with Crippen LogP contribution in [0.3, 0.4) is 0 Å². The van der Waals surface area contributed by atoms with Gasteiger partial charge in [0.2, 0.25) is 0 Å². The number of ether oxygens (including phenoxy) is 2. The van der Waals surface area contributed by atoms with Gasteiger partial charge >= 0.3 is 18.2 Å². The Morgan fingerprint density at radius 2 is 1.75 bits per heavy atom. The highest BCUT2D eigenvalue weighted by atomic mass is 32.2. The molecule has 0 bridgehead atoms. The first-order valence-corrected chi connectivity index (χ1v) is 10.2. The lowest BCUT2D eigenvalue weighted by Crippen LogP contribution is -2.41. The van der Waals surface area contributed by atoms with Crippen LogP contribution in [0.1, 0.15) is 0 Å². The highest BCUT2D eigenvalue weighted by Gasteiger charge is 2.58. The van der Waals surface area contributed by atoms with Crippen LogP contribution in [0.2, 0.25) is 0 Å². The fourth-order valence-corrected chi connectivity index (χ4v) is 4.10. The minimum absolute atomic E-state index is 0.0191. The number of hydrogen-bond donors (Lipinski definition) is 1. The van der Waals surface area contributed by atoms with E-state index in [1.54, 1.807) is 0 Å². The first kappa shape index (κ1) is 23.5. The third-order valence-corrected chi connectivity index (χ3v) is 6.05. The SMILES string of the molecule is O=C(Nc1ccc2c(c1)N(S(=O)(=O)c1ccc(F)cc1)CCO2)OCC(F)(F)C(F)(F)F. The van der Waals surface area contributed by atoms with Crippen LogP contribution in [0.4, 0.5) is 42.5 Å². The number of hydrogen-bond acceptors (Lipinski definition) is 5. The lowest BCUT2D eigenvalue weighted by atomic mass is 10.2. The largest absolute Gasteiger partial charge is 0.489 e.